The molecule has 4 aromatic rings. The van der Waals surface area contributed by atoms with Gasteiger partial charge in [0.25, 0.3) is 5.78 Å². The highest BCUT2D eigenvalue weighted by atomic mass is 35.5. The molecule has 0 aliphatic carbocycles. The van der Waals surface area contributed by atoms with E-state index in [2.05, 4.69) is 20.3 Å². The fourth-order valence-corrected chi connectivity index (χ4v) is 3.02. The fourth-order valence-electron chi connectivity index (χ4n) is 2.77. The first kappa shape index (κ1) is 17.6. The fraction of sp³-hybridized carbons (Fsp3) is 0.105. The predicted octanol–water partition coefficient (Wildman–Crippen LogP) is 4.29. The van der Waals surface area contributed by atoms with Crippen molar-refractivity contribution in [3.8, 4) is 11.3 Å². The number of Topliss-reactive ketones (excluding diaryl/α,β-unsaturated/α-hetero) is 1. The number of hydrogen-bond acceptors (Lipinski definition) is 5. The van der Waals surface area contributed by atoms with E-state index in [1.807, 2.05) is 36.4 Å². The second-order valence-corrected chi connectivity index (χ2v) is 6.88. The predicted molar refractivity (Wildman–Crippen MR) is 103 cm³/mol. The van der Waals surface area contributed by atoms with Gasteiger partial charge in [0.2, 0.25) is 0 Å². The topological polar surface area (TPSA) is 73.0 Å². The first-order valence-electron chi connectivity index (χ1n) is 8.15. The molecular formula is C19H13Cl2N5O. The summed E-state index contributed by atoms with van der Waals surface area (Å²) in [6.07, 6.45) is 0.480. The Balaban J connectivity index is 1.84. The second-order valence-electron chi connectivity index (χ2n) is 6.00. The van der Waals surface area contributed by atoms with Gasteiger partial charge in [-0.25, -0.2) is 4.98 Å². The first-order chi connectivity index (χ1) is 13.0. The number of aromatic nitrogens is 5. The quantitative estimate of drug-likeness (QED) is 0.480. The van der Waals surface area contributed by atoms with E-state index in [9.17, 15) is 4.79 Å². The van der Waals surface area contributed by atoms with Crippen molar-refractivity contribution in [1.82, 2.24) is 24.8 Å². The molecule has 0 N–H and O–H groups in total. The molecule has 0 saturated carbocycles. The van der Waals surface area contributed by atoms with Crippen LogP contribution >= 0.6 is 23.2 Å². The Morgan fingerprint density at radius 2 is 1.59 bits per heavy atom. The highest BCUT2D eigenvalue weighted by molar-refractivity contribution is 6.30. The zero-order valence-corrected chi connectivity index (χ0v) is 15.7. The van der Waals surface area contributed by atoms with Gasteiger partial charge in [-0.05, 0) is 29.8 Å². The van der Waals surface area contributed by atoms with Crippen molar-refractivity contribution in [2.24, 2.45) is 0 Å². The Bertz CT molecular complexity index is 1140. The number of halogens is 2. The summed E-state index contributed by atoms with van der Waals surface area (Å²) < 4.78 is 1.55. The number of ketones is 1. The lowest BCUT2D eigenvalue weighted by Gasteiger charge is -2.05. The van der Waals surface area contributed by atoms with Crippen LogP contribution in [0, 0.1) is 0 Å². The number of carbonyl (C=O) groups excluding carboxylic acids is 1. The molecule has 0 atom stereocenters. The molecule has 0 amide bonds. The third kappa shape index (κ3) is 3.54. The third-order valence-electron chi connectivity index (χ3n) is 4.03. The molecule has 2 aromatic heterocycles. The molecule has 0 fully saturated rings. The highest BCUT2D eigenvalue weighted by Crippen LogP contribution is 2.26. The van der Waals surface area contributed by atoms with Crippen LogP contribution in [0.5, 0.6) is 0 Å². The van der Waals surface area contributed by atoms with Crippen LogP contribution in [0.15, 0.2) is 48.5 Å². The van der Waals surface area contributed by atoms with Gasteiger partial charge >= 0.3 is 0 Å². The molecule has 2 aromatic carbocycles. The number of carbonyl (C=O) groups is 1. The molecule has 6 nitrogen and oxygen atoms in total. The molecule has 4 rings (SSSR count). The van der Waals surface area contributed by atoms with E-state index in [0.29, 0.717) is 33.7 Å². The summed E-state index contributed by atoms with van der Waals surface area (Å²) in [7, 11) is 0. The minimum Gasteiger partial charge on any atom is -0.293 e. The third-order valence-corrected chi connectivity index (χ3v) is 4.54. The van der Waals surface area contributed by atoms with Gasteiger partial charge in [0.15, 0.2) is 11.6 Å². The molecule has 0 unspecified atom stereocenters. The van der Waals surface area contributed by atoms with Crippen molar-refractivity contribution in [2.45, 2.75) is 13.3 Å². The molecule has 0 bridgehead atoms. The molecule has 0 spiro atoms. The van der Waals surface area contributed by atoms with Gasteiger partial charge in [-0.3, -0.25) is 4.79 Å². The number of benzene rings is 2. The van der Waals surface area contributed by atoms with Crippen LogP contribution in [0.3, 0.4) is 0 Å². The zero-order valence-electron chi connectivity index (χ0n) is 14.2. The van der Waals surface area contributed by atoms with Gasteiger partial charge in [-0.1, -0.05) is 47.5 Å². The van der Waals surface area contributed by atoms with Gasteiger partial charge in [0, 0.05) is 29.0 Å². The number of imidazole rings is 1. The molecule has 8 heteroatoms. The molecule has 0 aliphatic rings. The van der Waals surface area contributed by atoms with Gasteiger partial charge in [-0.15, -0.1) is 15.3 Å². The smallest absolute Gasteiger partial charge is 0.271 e. The van der Waals surface area contributed by atoms with Crippen molar-refractivity contribution in [3.63, 3.8) is 0 Å². The summed E-state index contributed by atoms with van der Waals surface area (Å²) in [5.74, 6) is 0.601. The average Bonchev–Trinajstić information content (AvgIpc) is 3.03. The zero-order chi connectivity index (χ0) is 19.0. The Morgan fingerprint density at radius 3 is 2.22 bits per heavy atom. The lowest BCUT2D eigenvalue weighted by molar-refractivity contribution is 0.101. The molecule has 2 heterocycles. The van der Waals surface area contributed by atoms with Crippen molar-refractivity contribution in [3.05, 3.63) is 75.7 Å². The molecular weight excluding hydrogens is 385 g/mol. The maximum Gasteiger partial charge on any atom is 0.271 e. The van der Waals surface area contributed by atoms with E-state index >= 15 is 0 Å². The van der Waals surface area contributed by atoms with Gasteiger partial charge < -0.3 is 0 Å². The second kappa shape index (κ2) is 7.06. The molecule has 0 saturated heterocycles. The van der Waals surface area contributed by atoms with E-state index < -0.39 is 0 Å². The van der Waals surface area contributed by atoms with Crippen LogP contribution in [0.4, 0.5) is 0 Å². The SMILES string of the molecule is CC(=O)c1nc2nnc(Cc3ccc(Cl)cc3)nn2c1-c1ccc(Cl)cc1. The van der Waals surface area contributed by atoms with Crippen LogP contribution < -0.4 is 0 Å². The highest BCUT2D eigenvalue weighted by Gasteiger charge is 2.20. The summed E-state index contributed by atoms with van der Waals surface area (Å²) in [5.41, 5.74) is 2.64. The van der Waals surface area contributed by atoms with E-state index in [1.54, 1.807) is 16.6 Å². The first-order valence-corrected chi connectivity index (χ1v) is 8.90. The monoisotopic (exact) mass is 397 g/mol. The Kier molecular flexibility index (Phi) is 4.59. The van der Waals surface area contributed by atoms with Gasteiger partial charge in [0.1, 0.15) is 11.4 Å². The lowest BCUT2D eigenvalue weighted by Crippen LogP contribution is -2.06. The van der Waals surface area contributed by atoms with Crippen molar-refractivity contribution < 1.29 is 4.79 Å². The lowest BCUT2D eigenvalue weighted by atomic mass is 10.1. The molecule has 0 radical (unpaired) electrons. The normalized spacial score (nSPS) is 11.1. The number of nitrogens with zero attached hydrogens (tertiary/aromatic N) is 5. The van der Waals surface area contributed by atoms with Crippen molar-refractivity contribution >= 4 is 34.8 Å². The summed E-state index contributed by atoms with van der Waals surface area (Å²) >= 11 is 11.9. The molecule has 134 valence electrons. The number of fused-ring (bicyclic) bond motifs is 1. The Hall–Kier alpha value is -2.83. The van der Waals surface area contributed by atoms with Crippen LogP contribution in [-0.4, -0.2) is 30.6 Å². The van der Waals surface area contributed by atoms with E-state index in [-0.39, 0.29) is 11.6 Å². The van der Waals surface area contributed by atoms with Gasteiger partial charge in [-0.2, -0.15) is 4.52 Å². The Morgan fingerprint density at radius 1 is 0.963 bits per heavy atom. The van der Waals surface area contributed by atoms with E-state index in [1.165, 1.54) is 6.92 Å². The van der Waals surface area contributed by atoms with E-state index in [0.717, 1.165) is 11.1 Å². The van der Waals surface area contributed by atoms with Crippen LogP contribution in [0.2, 0.25) is 10.0 Å². The summed E-state index contributed by atoms with van der Waals surface area (Å²) in [4.78, 5) is 16.4. The maximum absolute atomic E-state index is 12.1. The maximum atomic E-state index is 12.1. The summed E-state index contributed by atoms with van der Waals surface area (Å²) in [6, 6.07) is 14.6. The van der Waals surface area contributed by atoms with Crippen molar-refractivity contribution in [1.29, 1.82) is 0 Å². The van der Waals surface area contributed by atoms with Crippen LogP contribution in [0.1, 0.15) is 28.8 Å². The van der Waals surface area contributed by atoms with Crippen LogP contribution in [-0.2, 0) is 6.42 Å². The number of hydrogen-bond donors (Lipinski definition) is 0. The van der Waals surface area contributed by atoms with Crippen molar-refractivity contribution in [2.75, 3.05) is 0 Å². The van der Waals surface area contributed by atoms with Crippen LogP contribution in [0.25, 0.3) is 17.0 Å². The number of rotatable bonds is 4. The largest absolute Gasteiger partial charge is 0.293 e. The molecule has 0 aliphatic heterocycles. The summed E-state index contributed by atoms with van der Waals surface area (Å²) in [6.45, 7) is 1.46. The minimum absolute atomic E-state index is 0.175. The Labute approximate surface area is 164 Å². The summed E-state index contributed by atoms with van der Waals surface area (Å²) in [5, 5.41) is 14.1. The standard InChI is InChI=1S/C19H13Cl2N5O/c1-11(27)17-18(13-4-8-15(21)9-5-13)26-19(22-17)24-23-16(25-26)10-12-2-6-14(20)7-3-12/h2-9H,10H2,1H3. The molecule has 27 heavy (non-hydrogen) atoms. The van der Waals surface area contributed by atoms with Gasteiger partial charge in [0.05, 0.1) is 0 Å². The average molecular weight is 398 g/mol. The van der Waals surface area contributed by atoms with E-state index in [4.69, 9.17) is 23.2 Å². The minimum atomic E-state index is -0.175.